The molecule has 0 N–H and O–H groups in total. The fourth-order valence-corrected chi connectivity index (χ4v) is 16.8. The van der Waals surface area contributed by atoms with Gasteiger partial charge in [0.2, 0.25) is 0 Å². The molecule has 0 aliphatic carbocycles. The van der Waals surface area contributed by atoms with Crippen molar-refractivity contribution in [3.8, 4) is 5.75 Å². The van der Waals surface area contributed by atoms with Gasteiger partial charge in [0.05, 0.1) is 0 Å². The molecule has 0 radical (unpaired) electrons. The molecule has 3 rings (SSSR count). The monoisotopic (exact) mass is 522 g/mol. The molecule has 0 fully saturated rings. The van der Waals surface area contributed by atoms with Gasteiger partial charge in [-0.1, -0.05) is 0 Å². The SMILES string of the molecule is CC(Oc1ccccc1)[Se]P(=[Se])(CCc1ccccc1)CCc1ccccc1. The molecule has 1 unspecified atom stereocenters. The third-order valence-corrected chi connectivity index (χ3v) is 18.9. The Labute approximate surface area is 182 Å². The Morgan fingerprint density at radius 2 is 1.18 bits per heavy atom. The predicted octanol–water partition coefficient (Wildman–Crippen LogP) is 5.62. The average molecular weight is 520 g/mol. The standard InChI is InChI=1S/C24H27OPSe2/c1-21(25-24-15-9-4-10-16-24)28-26(27,19-17-22-11-5-2-6-12-22)20-18-23-13-7-3-8-14-23/h2-16,21H,17-20H2,1H3. The fourth-order valence-electron chi connectivity index (χ4n) is 3.09. The van der Waals surface area contributed by atoms with Crippen LogP contribution in [-0.2, 0) is 12.8 Å². The molecule has 3 aromatic rings. The predicted molar refractivity (Wildman–Crippen MR) is 125 cm³/mol. The summed E-state index contributed by atoms with van der Waals surface area (Å²) in [5, 5.41) is 0.274. The van der Waals surface area contributed by atoms with E-state index in [9.17, 15) is 0 Å². The zero-order valence-electron chi connectivity index (χ0n) is 16.2. The Kier molecular flexibility index (Phi) is 8.65. The molecule has 0 bridgehead atoms. The Morgan fingerprint density at radius 1 is 0.750 bits per heavy atom. The fraction of sp³-hybridized carbons (Fsp3) is 0.250. The van der Waals surface area contributed by atoms with Crippen molar-refractivity contribution in [2.75, 3.05) is 12.3 Å². The molecular weight excluding hydrogens is 493 g/mol. The molecule has 4 heteroatoms. The van der Waals surface area contributed by atoms with Crippen LogP contribution in [0.3, 0.4) is 0 Å². The third kappa shape index (κ3) is 7.40. The molecular formula is C24H27OPSe2. The number of ether oxygens (including phenoxy) is 1. The second-order valence-corrected chi connectivity index (χ2v) is 24.6. The van der Waals surface area contributed by atoms with E-state index in [0.29, 0.717) is 14.5 Å². The number of hydrogen-bond acceptors (Lipinski definition) is 1. The molecule has 0 aliphatic rings. The Hall–Kier alpha value is -1.07. The van der Waals surface area contributed by atoms with Crippen molar-refractivity contribution in [2.45, 2.75) is 24.8 Å². The average Bonchev–Trinajstić information content (AvgIpc) is 2.73. The van der Waals surface area contributed by atoms with E-state index < -0.39 is 4.20 Å². The van der Waals surface area contributed by atoms with Gasteiger partial charge >= 0.3 is 184 Å². The molecule has 0 aliphatic heterocycles. The molecule has 0 spiro atoms. The van der Waals surface area contributed by atoms with Gasteiger partial charge in [0.15, 0.2) is 0 Å². The molecule has 0 saturated heterocycles. The summed E-state index contributed by atoms with van der Waals surface area (Å²) < 4.78 is 5.07. The first kappa shape index (κ1) is 21.6. The van der Waals surface area contributed by atoms with Gasteiger partial charge in [-0.2, -0.15) is 0 Å². The van der Waals surface area contributed by atoms with Gasteiger partial charge in [0.1, 0.15) is 0 Å². The first-order valence-corrected chi connectivity index (χ1v) is 17.3. The summed E-state index contributed by atoms with van der Waals surface area (Å²) in [7, 11) is 0. The molecule has 0 aromatic heterocycles. The van der Waals surface area contributed by atoms with Crippen molar-refractivity contribution >= 4 is 33.8 Å². The van der Waals surface area contributed by atoms with Crippen LogP contribution >= 0.6 is 4.20 Å². The zero-order valence-corrected chi connectivity index (χ0v) is 20.6. The summed E-state index contributed by atoms with van der Waals surface area (Å²) in [6.45, 7) is 2.24. The number of para-hydroxylation sites is 1. The van der Waals surface area contributed by atoms with Crippen molar-refractivity contribution in [2.24, 2.45) is 0 Å². The number of aryl methyl sites for hydroxylation is 2. The van der Waals surface area contributed by atoms with E-state index in [2.05, 4.69) is 94.8 Å². The van der Waals surface area contributed by atoms with Gasteiger partial charge in [-0.25, -0.2) is 0 Å². The molecule has 0 heterocycles. The molecule has 146 valence electrons. The maximum absolute atomic E-state index is 6.25. The maximum atomic E-state index is 6.25. The number of rotatable bonds is 10. The minimum absolute atomic E-state index is 0.274. The van der Waals surface area contributed by atoms with Gasteiger partial charge in [0.25, 0.3) is 0 Å². The van der Waals surface area contributed by atoms with E-state index in [-0.39, 0.29) is 5.00 Å². The van der Waals surface area contributed by atoms with Gasteiger partial charge in [-0.05, 0) is 0 Å². The van der Waals surface area contributed by atoms with Crippen LogP contribution in [-0.4, -0.2) is 46.9 Å². The number of benzene rings is 3. The summed E-state index contributed by atoms with van der Waals surface area (Å²) >= 11 is 4.14. The Bertz CT molecular complexity index is 821. The van der Waals surface area contributed by atoms with E-state index in [1.54, 1.807) is 0 Å². The summed E-state index contributed by atoms with van der Waals surface area (Å²) in [4.78, 5) is 0. The van der Waals surface area contributed by atoms with Crippen molar-refractivity contribution in [1.29, 1.82) is 0 Å². The van der Waals surface area contributed by atoms with Gasteiger partial charge in [-0.15, -0.1) is 0 Å². The van der Waals surface area contributed by atoms with Crippen LogP contribution < -0.4 is 4.74 Å². The summed E-state index contributed by atoms with van der Waals surface area (Å²) in [6.07, 6.45) is 4.81. The van der Waals surface area contributed by atoms with Gasteiger partial charge in [0, 0.05) is 0 Å². The van der Waals surface area contributed by atoms with E-state index >= 15 is 0 Å². The Balaban J connectivity index is 1.66. The van der Waals surface area contributed by atoms with Crippen LogP contribution in [0.5, 0.6) is 5.75 Å². The van der Waals surface area contributed by atoms with E-state index in [1.165, 1.54) is 23.5 Å². The minimum atomic E-state index is -1.18. The normalized spacial score (nSPS) is 12.5. The van der Waals surface area contributed by atoms with Crippen LogP contribution in [0.1, 0.15) is 18.1 Å². The molecule has 3 aromatic carbocycles. The van der Waals surface area contributed by atoms with Crippen LogP contribution in [0.25, 0.3) is 0 Å². The first-order chi connectivity index (χ1) is 13.6. The summed E-state index contributed by atoms with van der Waals surface area (Å²) in [6, 6.07) is 32.0. The molecule has 1 atom stereocenters. The Morgan fingerprint density at radius 3 is 1.64 bits per heavy atom. The van der Waals surface area contributed by atoms with E-state index in [0.717, 1.165) is 18.6 Å². The first-order valence-electron chi connectivity index (χ1n) is 9.69. The zero-order chi connectivity index (χ0) is 19.7. The van der Waals surface area contributed by atoms with Gasteiger partial charge in [-0.3, -0.25) is 0 Å². The second-order valence-electron chi connectivity index (χ2n) is 6.84. The quantitative estimate of drug-likeness (QED) is 0.249. The molecule has 0 amide bonds. The second kappa shape index (κ2) is 11.2. The van der Waals surface area contributed by atoms with E-state index in [4.69, 9.17) is 4.74 Å². The van der Waals surface area contributed by atoms with Crippen molar-refractivity contribution in [1.82, 2.24) is 0 Å². The van der Waals surface area contributed by atoms with Crippen molar-refractivity contribution in [3.63, 3.8) is 0 Å². The van der Waals surface area contributed by atoms with Crippen LogP contribution in [0, 0.1) is 0 Å². The number of hydrogen-bond donors (Lipinski definition) is 0. The molecule has 0 saturated carbocycles. The third-order valence-electron chi connectivity index (χ3n) is 4.55. The topological polar surface area (TPSA) is 9.23 Å². The van der Waals surface area contributed by atoms with Gasteiger partial charge < -0.3 is 0 Å². The van der Waals surface area contributed by atoms with Crippen molar-refractivity contribution in [3.05, 3.63) is 102 Å². The van der Waals surface area contributed by atoms with E-state index in [1.807, 2.05) is 18.2 Å². The van der Waals surface area contributed by atoms with Crippen LogP contribution in [0.2, 0.25) is 0 Å². The molecule has 1 nitrogen and oxygen atoms in total. The summed E-state index contributed by atoms with van der Waals surface area (Å²) in [5.74, 6) is 0.981. The van der Waals surface area contributed by atoms with Crippen LogP contribution in [0.4, 0.5) is 0 Å². The van der Waals surface area contributed by atoms with Crippen molar-refractivity contribution < 1.29 is 4.74 Å². The molecule has 28 heavy (non-hydrogen) atoms. The van der Waals surface area contributed by atoms with Crippen LogP contribution in [0.15, 0.2) is 91.0 Å². The summed E-state index contributed by atoms with van der Waals surface area (Å²) in [5.41, 5.74) is 2.88.